The molecule has 0 heterocycles. The number of carbonyl (C=O) groups excluding carboxylic acids is 3. The minimum absolute atomic E-state index is 0.0938. The molecule has 11 heteroatoms. The number of nitrogens with two attached hydrogens (primary N) is 1. The number of hydrogen-bond donors (Lipinski definition) is 6. The van der Waals surface area contributed by atoms with Gasteiger partial charge in [0.25, 0.3) is 0 Å². The molecule has 0 bridgehead atoms. The molecule has 39 heavy (non-hydrogen) atoms. The quantitative estimate of drug-likeness (QED) is 0.251. The lowest BCUT2D eigenvalue weighted by Crippen LogP contribution is -2.73. The molecule has 0 saturated heterocycles. The average molecular weight is 543 g/mol. The van der Waals surface area contributed by atoms with Crippen LogP contribution in [0.25, 0.3) is 5.76 Å². The first-order chi connectivity index (χ1) is 18.3. The van der Waals surface area contributed by atoms with Gasteiger partial charge < -0.3 is 41.3 Å². The van der Waals surface area contributed by atoms with E-state index in [1.54, 1.807) is 19.0 Å². The number of likely N-dealkylation sites (N-methyl/N-ethyl adjacent to an activating group) is 1. The van der Waals surface area contributed by atoms with Gasteiger partial charge in [0.1, 0.15) is 17.4 Å². The monoisotopic (exact) mass is 542 g/mol. The molecule has 3 saturated carbocycles. The number of aliphatic hydroxyl groups is 3. The number of phenolic OH excluding ortho intramolecular Hbond substituents is 1. The summed E-state index contributed by atoms with van der Waals surface area (Å²) in [5.74, 6) is -6.70. The second kappa shape index (κ2) is 9.58. The maximum atomic E-state index is 14.0. The van der Waals surface area contributed by atoms with Gasteiger partial charge in [-0.2, -0.15) is 0 Å². The Kier molecular flexibility index (Phi) is 6.77. The van der Waals surface area contributed by atoms with Gasteiger partial charge in [0.05, 0.1) is 11.7 Å². The van der Waals surface area contributed by atoms with Crippen LogP contribution < -0.4 is 16.0 Å². The number of primary amides is 1. The molecule has 6 atom stereocenters. The summed E-state index contributed by atoms with van der Waals surface area (Å²) < 4.78 is 0. The zero-order valence-corrected chi connectivity index (χ0v) is 22.8. The second-order valence-corrected chi connectivity index (χ2v) is 12.0. The third kappa shape index (κ3) is 4.14. The van der Waals surface area contributed by atoms with Gasteiger partial charge in [-0.25, -0.2) is 0 Å². The highest BCUT2D eigenvalue weighted by Crippen LogP contribution is 2.53. The number of amides is 1. The first kappa shape index (κ1) is 27.6. The third-order valence-electron chi connectivity index (χ3n) is 9.07. The summed E-state index contributed by atoms with van der Waals surface area (Å²) in [6, 6.07) is 0.960. The molecule has 212 valence electrons. The summed E-state index contributed by atoms with van der Waals surface area (Å²) in [6.45, 7) is 1.18. The highest BCUT2D eigenvalue weighted by atomic mass is 16.3. The van der Waals surface area contributed by atoms with Gasteiger partial charge in [0, 0.05) is 49.4 Å². The molecule has 4 aliphatic rings. The number of nitrogens with one attached hydrogen (secondary N) is 1. The first-order valence-corrected chi connectivity index (χ1v) is 13.4. The molecule has 0 aliphatic heterocycles. The number of aliphatic hydroxyl groups excluding tert-OH is 2. The van der Waals surface area contributed by atoms with E-state index in [-0.39, 0.29) is 29.7 Å². The number of fused-ring (bicyclic) bond motifs is 3. The van der Waals surface area contributed by atoms with Gasteiger partial charge in [-0.05, 0) is 69.8 Å². The Morgan fingerprint density at radius 2 is 1.85 bits per heavy atom. The molecule has 1 amide bonds. The number of aromatic hydroxyl groups is 1. The Balaban J connectivity index is 1.64. The van der Waals surface area contributed by atoms with Crippen LogP contribution in [-0.2, 0) is 27.3 Å². The molecule has 0 radical (unpaired) electrons. The lowest BCUT2D eigenvalue weighted by atomic mass is 9.54. The predicted octanol–water partition coefficient (Wildman–Crippen LogP) is -0.305. The van der Waals surface area contributed by atoms with Crippen molar-refractivity contribution in [2.45, 2.75) is 50.0 Å². The summed E-state index contributed by atoms with van der Waals surface area (Å²) in [4.78, 5) is 43.1. The van der Waals surface area contributed by atoms with Gasteiger partial charge in [0.2, 0.25) is 11.7 Å². The van der Waals surface area contributed by atoms with Crippen LogP contribution in [-0.4, -0.2) is 95.3 Å². The van der Waals surface area contributed by atoms with Crippen molar-refractivity contribution >= 4 is 28.9 Å². The highest BCUT2D eigenvalue weighted by molar-refractivity contribution is 6.25. The second-order valence-electron chi connectivity index (χ2n) is 12.0. The Hall–Kier alpha value is -2.99. The summed E-state index contributed by atoms with van der Waals surface area (Å²) >= 11 is 0. The van der Waals surface area contributed by atoms with Gasteiger partial charge in [-0.1, -0.05) is 0 Å². The lowest BCUT2D eigenvalue weighted by Gasteiger charge is -2.53. The third-order valence-corrected chi connectivity index (χ3v) is 9.07. The molecular weight excluding hydrogens is 504 g/mol. The average Bonchev–Trinajstić information content (AvgIpc) is 3.66. The summed E-state index contributed by atoms with van der Waals surface area (Å²) in [7, 11) is 6.98. The zero-order valence-electron chi connectivity index (χ0n) is 22.8. The number of hydrogen-bond acceptors (Lipinski definition) is 10. The minimum atomic E-state index is -2.66. The van der Waals surface area contributed by atoms with Crippen LogP contribution >= 0.6 is 0 Å². The van der Waals surface area contributed by atoms with Crippen molar-refractivity contribution in [3.8, 4) is 5.75 Å². The van der Waals surface area contributed by atoms with Crippen LogP contribution in [0.1, 0.15) is 36.0 Å². The van der Waals surface area contributed by atoms with Crippen molar-refractivity contribution in [3.63, 3.8) is 0 Å². The molecule has 1 aromatic carbocycles. The van der Waals surface area contributed by atoms with Crippen LogP contribution in [0.15, 0.2) is 11.6 Å². The van der Waals surface area contributed by atoms with E-state index >= 15 is 0 Å². The van der Waals surface area contributed by atoms with E-state index in [1.807, 2.05) is 25.1 Å². The van der Waals surface area contributed by atoms with Crippen LogP contribution in [0.5, 0.6) is 5.75 Å². The van der Waals surface area contributed by atoms with E-state index < -0.39 is 58.7 Å². The fraction of sp³-hybridized carbons (Fsp3) is 0.607. The van der Waals surface area contributed by atoms with Crippen molar-refractivity contribution in [1.29, 1.82) is 0 Å². The molecule has 7 N–H and O–H groups in total. The number of Topliss-reactive ketones (excluding diaryl/α,β-unsaturated/α-hetero) is 2. The molecule has 0 spiro atoms. The Morgan fingerprint density at radius 3 is 2.41 bits per heavy atom. The molecule has 3 fully saturated rings. The van der Waals surface area contributed by atoms with Crippen LogP contribution in [0.3, 0.4) is 0 Å². The fourth-order valence-electron chi connectivity index (χ4n) is 6.97. The topological polar surface area (TPSA) is 177 Å². The van der Waals surface area contributed by atoms with Crippen molar-refractivity contribution in [3.05, 3.63) is 28.3 Å². The van der Waals surface area contributed by atoms with E-state index in [0.717, 1.165) is 12.2 Å². The van der Waals surface area contributed by atoms with Crippen LogP contribution in [0.4, 0.5) is 5.69 Å². The zero-order chi connectivity index (χ0) is 28.5. The molecule has 0 aromatic heterocycles. The number of nitrogens with zero attached hydrogens (tertiary/aromatic N) is 2. The lowest BCUT2D eigenvalue weighted by molar-refractivity contribution is -0.184. The maximum Gasteiger partial charge on any atom is 0.230 e. The van der Waals surface area contributed by atoms with E-state index in [1.165, 1.54) is 12.8 Å². The molecular formula is C28H38N4O7. The Labute approximate surface area is 227 Å². The van der Waals surface area contributed by atoms with E-state index in [9.17, 15) is 34.8 Å². The largest absolute Gasteiger partial charge is 0.507 e. The number of benzene rings is 1. The maximum absolute atomic E-state index is 14.0. The van der Waals surface area contributed by atoms with Gasteiger partial charge in [0.15, 0.2) is 11.4 Å². The number of carbonyl (C=O) groups is 3. The molecule has 4 aliphatic carbocycles. The molecule has 3 unspecified atom stereocenters. The number of ketones is 2. The smallest absolute Gasteiger partial charge is 0.230 e. The summed E-state index contributed by atoms with van der Waals surface area (Å²) in [6.07, 6.45) is 1.20. The van der Waals surface area contributed by atoms with Crippen LogP contribution in [0.2, 0.25) is 0 Å². The van der Waals surface area contributed by atoms with Crippen molar-refractivity contribution < 1.29 is 34.8 Å². The predicted molar refractivity (Wildman–Crippen MR) is 143 cm³/mol. The first-order valence-electron chi connectivity index (χ1n) is 13.4. The van der Waals surface area contributed by atoms with Gasteiger partial charge in [-0.15, -0.1) is 0 Å². The van der Waals surface area contributed by atoms with Crippen molar-refractivity contribution in [2.75, 3.05) is 39.6 Å². The molecule has 5 rings (SSSR count). The van der Waals surface area contributed by atoms with E-state index in [4.69, 9.17) is 5.73 Å². The fourth-order valence-corrected chi connectivity index (χ4v) is 6.97. The summed E-state index contributed by atoms with van der Waals surface area (Å²) in [5, 5.41) is 48.9. The normalized spacial score (nSPS) is 32.1. The van der Waals surface area contributed by atoms with E-state index in [2.05, 4.69) is 5.32 Å². The molecule has 11 nitrogen and oxygen atoms in total. The van der Waals surface area contributed by atoms with Crippen molar-refractivity contribution in [2.24, 2.45) is 29.4 Å². The minimum Gasteiger partial charge on any atom is -0.507 e. The van der Waals surface area contributed by atoms with Crippen LogP contribution in [0, 0.1) is 23.7 Å². The molecule has 1 aromatic rings. The van der Waals surface area contributed by atoms with Gasteiger partial charge in [-0.3, -0.25) is 14.4 Å². The SMILES string of the molecule is CN(C)c1cc(CNCC2CC2)c(O)c2c1C[C@@H]1C[C@@H]3C(N(C)C)C(O)C(C(N)=O)C(=O)[C@]3(O)C(=O)C1=C2O. The number of phenols is 1. The van der Waals surface area contributed by atoms with E-state index in [0.29, 0.717) is 23.6 Å². The Bertz CT molecular complexity index is 1270. The van der Waals surface area contributed by atoms with Crippen molar-refractivity contribution in [1.82, 2.24) is 10.2 Å². The number of rotatable bonds is 7. The van der Waals surface area contributed by atoms with Gasteiger partial charge >= 0.3 is 0 Å². The number of anilines is 1. The standard InChI is InChI=1S/C28H38N4O7/c1-31(2)17-9-14(11-30-10-12-5-6-12)22(33)19-15(17)7-13-8-16-21(32(3)4)24(35)20(27(29)38)26(37)28(16,39)25(36)18(13)23(19)34/h9,12-13,16,20-21,24,30,33-35,39H,5-8,10-11H2,1-4H3,(H2,29,38)/t13-,16-,20?,21?,24?,28-/m1/s1. The Morgan fingerprint density at radius 1 is 1.18 bits per heavy atom. The highest BCUT2D eigenvalue weighted by Gasteiger charge is 2.67. The summed E-state index contributed by atoms with van der Waals surface area (Å²) in [5.41, 5.74) is 4.75.